The Balaban J connectivity index is 1.99. The highest BCUT2D eigenvalue weighted by atomic mass is 16.5. The number of nitrogen functional groups attached to an aromatic ring is 1. The zero-order chi connectivity index (χ0) is 21.0. The number of ether oxygens (including phenoxy) is 1. The van der Waals surface area contributed by atoms with Gasteiger partial charge >= 0.3 is 6.03 Å². The summed E-state index contributed by atoms with van der Waals surface area (Å²) in [6.45, 7) is 9.55. The van der Waals surface area contributed by atoms with Crippen molar-refractivity contribution in [2.75, 3.05) is 24.2 Å². The van der Waals surface area contributed by atoms with Gasteiger partial charge in [-0.15, -0.1) is 0 Å². The minimum atomic E-state index is -0.195. The van der Waals surface area contributed by atoms with Crippen LogP contribution in [0.5, 0.6) is 5.75 Å². The van der Waals surface area contributed by atoms with Crippen LogP contribution in [0.4, 0.5) is 16.2 Å². The largest absolute Gasteiger partial charge is 0.494 e. The van der Waals surface area contributed by atoms with E-state index in [1.165, 1.54) is 0 Å². The molecule has 29 heavy (non-hydrogen) atoms. The lowest BCUT2D eigenvalue weighted by Crippen LogP contribution is -2.29. The Morgan fingerprint density at radius 1 is 1.14 bits per heavy atom. The highest BCUT2D eigenvalue weighted by Crippen LogP contribution is 2.40. The third-order valence-electron chi connectivity index (χ3n) is 4.79. The summed E-state index contributed by atoms with van der Waals surface area (Å²) < 4.78 is 7.92. The lowest BCUT2D eigenvalue weighted by atomic mass is 10.1. The van der Waals surface area contributed by atoms with Gasteiger partial charge in [0.25, 0.3) is 0 Å². The molecular formula is C23H30N4O2. The molecule has 2 aromatic carbocycles. The minimum Gasteiger partial charge on any atom is -0.494 e. The lowest BCUT2D eigenvalue weighted by Gasteiger charge is -2.16. The third-order valence-corrected chi connectivity index (χ3v) is 4.79. The highest BCUT2D eigenvalue weighted by molar-refractivity contribution is 6.01. The molecule has 0 radical (unpaired) electrons. The van der Waals surface area contributed by atoms with Gasteiger partial charge < -0.3 is 25.7 Å². The predicted octanol–water partition coefficient (Wildman–Crippen LogP) is 5.40. The van der Waals surface area contributed by atoms with E-state index < -0.39 is 0 Å². The summed E-state index contributed by atoms with van der Waals surface area (Å²) >= 11 is 0. The molecule has 0 aliphatic rings. The van der Waals surface area contributed by atoms with Crippen LogP contribution in [0.3, 0.4) is 0 Å². The van der Waals surface area contributed by atoms with E-state index in [2.05, 4.69) is 29.0 Å². The molecular weight excluding hydrogens is 364 g/mol. The number of anilines is 2. The number of carbonyl (C=O) groups excluding carboxylic acids is 1. The van der Waals surface area contributed by atoms with Gasteiger partial charge in [0.2, 0.25) is 0 Å². The fraction of sp³-hybridized carbons (Fsp3) is 0.348. The van der Waals surface area contributed by atoms with Crippen molar-refractivity contribution in [3.63, 3.8) is 0 Å². The molecule has 3 aromatic rings. The van der Waals surface area contributed by atoms with Gasteiger partial charge in [0.15, 0.2) is 0 Å². The van der Waals surface area contributed by atoms with E-state index in [4.69, 9.17) is 10.5 Å². The van der Waals surface area contributed by atoms with Gasteiger partial charge in [-0.3, -0.25) is 0 Å². The second-order valence-electron chi connectivity index (χ2n) is 7.30. The van der Waals surface area contributed by atoms with Crippen molar-refractivity contribution < 1.29 is 9.53 Å². The molecule has 3 rings (SSSR count). The third kappa shape index (κ3) is 4.31. The smallest absolute Gasteiger partial charge is 0.319 e. The number of aromatic nitrogens is 1. The standard InChI is InChI=1S/C23H30N4O2/c1-5-13-25-23(28)26-17-9-7-16(8-10-17)22-21(24)19-12-11-18(29-6-2)14-20(19)27(22)15(3)4/h7-12,14-15H,5-6,13,24H2,1-4H3,(H2,25,26,28). The maximum atomic E-state index is 11.9. The highest BCUT2D eigenvalue weighted by Gasteiger charge is 2.19. The summed E-state index contributed by atoms with van der Waals surface area (Å²) in [4.78, 5) is 11.9. The predicted molar refractivity (Wildman–Crippen MR) is 121 cm³/mol. The second kappa shape index (κ2) is 8.90. The Morgan fingerprint density at radius 3 is 2.48 bits per heavy atom. The number of rotatable bonds is 7. The zero-order valence-corrected chi connectivity index (χ0v) is 17.6. The molecule has 6 nitrogen and oxygen atoms in total. The van der Waals surface area contributed by atoms with E-state index in [0.29, 0.717) is 13.2 Å². The lowest BCUT2D eigenvalue weighted by molar-refractivity contribution is 0.252. The topological polar surface area (TPSA) is 81.3 Å². The molecule has 154 valence electrons. The van der Waals surface area contributed by atoms with Crippen molar-refractivity contribution in [2.24, 2.45) is 0 Å². The van der Waals surface area contributed by atoms with E-state index in [-0.39, 0.29) is 12.1 Å². The summed E-state index contributed by atoms with van der Waals surface area (Å²) in [6, 6.07) is 13.8. The Bertz CT molecular complexity index is 990. The number of amides is 2. The average molecular weight is 395 g/mol. The van der Waals surface area contributed by atoms with Crippen molar-refractivity contribution in [2.45, 2.75) is 40.2 Å². The molecule has 0 saturated heterocycles. The monoisotopic (exact) mass is 394 g/mol. The van der Waals surface area contributed by atoms with Crippen LogP contribution in [0.25, 0.3) is 22.2 Å². The summed E-state index contributed by atoms with van der Waals surface area (Å²) in [5, 5.41) is 6.67. The number of hydrogen-bond donors (Lipinski definition) is 3. The zero-order valence-electron chi connectivity index (χ0n) is 17.6. The van der Waals surface area contributed by atoms with Crippen molar-refractivity contribution in [3.8, 4) is 17.0 Å². The van der Waals surface area contributed by atoms with E-state index >= 15 is 0 Å². The van der Waals surface area contributed by atoms with Gasteiger partial charge in [-0.25, -0.2) is 4.79 Å². The average Bonchev–Trinajstić information content (AvgIpc) is 2.99. The first-order valence-electron chi connectivity index (χ1n) is 10.2. The van der Waals surface area contributed by atoms with Crippen LogP contribution < -0.4 is 21.1 Å². The summed E-state index contributed by atoms with van der Waals surface area (Å²) in [5.41, 5.74) is 11.1. The quantitative estimate of drug-likeness (QED) is 0.502. The molecule has 1 heterocycles. The minimum absolute atomic E-state index is 0.195. The van der Waals surface area contributed by atoms with Crippen molar-refractivity contribution in [3.05, 3.63) is 42.5 Å². The number of nitrogens with two attached hydrogens (primary N) is 1. The molecule has 0 bridgehead atoms. The van der Waals surface area contributed by atoms with Crippen molar-refractivity contribution in [1.29, 1.82) is 0 Å². The van der Waals surface area contributed by atoms with Gasteiger partial charge in [-0.05, 0) is 51.5 Å². The van der Waals surface area contributed by atoms with Crippen LogP contribution in [0.15, 0.2) is 42.5 Å². The number of carbonyl (C=O) groups is 1. The second-order valence-corrected chi connectivity index (χ2v) is 7.30. The number of nitrogens with one attached hydrogen (secondary N) is 2. The molecule has 0 atom stereocenters. The van der Waals surface area contributed by atoms with Crippen LogP contribution in [0.1, 0.15) is 40.2 Å². The first kappa shape index (κ1) is 20.6. The fourth-order valence-electron chi connectivity index (χ4n) is 3.53. The molecule has 0 saturated carbocycles. The SMILES string of the molecule is CCCNC(=O)Nc1ccc(-c2c(N)c3ccc(OCC)cc3n2C(C)C)cc1. The fourth-order valence-corrected chi connectivity index (χ4v) is 3.53. The normalized spacial score (nSPS) is 11.1. The number of hydrogen-bond acceptors (Lipinski definition) is 3. The number of nitrogens with zero attached hydrogens (tertiary/aromatic N) is 1. The molecule has 0 fully saturated rings. The molecule has 4 N–H and O–H groups in total. The van der Waals surface area contributed by atoms with Crippen molar-refractivity contribution >= 4 is 28.3 Å². The summed E-state index contributed by atoms with van der Waals surface area (Å²) in [6.07, 6.45) is 0.899. The first-order valence-corrected chi connectivity index (χ1v) is 10.2. The molecule has 1 aromatic heterocycles. The van der Waals surface area contributed by atoms with Gasteiger partial charge in [-0.2, -0.15) is 0 Å². The molecule has 0 aliphatic carbocycles. The van der Waals surface area contributed by atoms with E-state index in [9.17, 15) is 4.79 Å². The molecule has 0 aliphatic heterocycles. The van der Waals surface area contributed by atoms with Crippen LogP contribution in [-0.4, -0.2) is 23.7 Å². The van der Waals surface area contributed by atoms with Crippen LogP contribution >= 0.6 is 0 Å². The number of urea groups is 1. The van der Waals surface area contributed by atoms with E-state index in [0.717, 1.165) is 45.7 Å². The van der Waals surface area contributed by atoms with Crippen LogP contribution in [0, 0.1) is 0 Å². The first-order chi connectivity index (χ1) is 14.0. The maximum Gasteiger partial charge on any atom is 0.319 e. The number of fused-ring (bicyclic) bond motifs is 1. The molecule has 6 heteroatoms. The van der Waals surface area contributed by atoms with Crippen molar-refractivity contribution in [1.82, 2.24) is 9.88 Å². The van der Waals surface area contributed by atoms with Gasteiger partial charge in [0.05, 0.1) is 23.5 Å². The van der Waals surface area contributed by atoms with Gasteiger partial charge in [-0.1, -0.05) is 19.1 Å². The van der Waals surface area contributed by atoms with E-state index in [1.807, 2.05) is 56.3 Å². The van der Waals surface area contributed by atoms with Gasteiger partial charge in [0.1, 0.15) is 5.75 Å². The Labute approximate surface area is 172 Å². The number of benzene rings is 2. The molecule has 0 spiro atoms. The molecule has 2 amide bonds. The Morgan fingerprint density at radius 2 is 1.86 bits per heavy atom. The maximum absolute atomic E-state index is 11.9. The van der Waals surface area contributed by atoms with E-state index in [1.54, 1.807) is 0 Å². The Kier molecular flexibility index (Phi) is 6.32. The Hall–Kier alpha value is -3.15. The van der Waals surface area contributed by atoms with Gasteiger partial charge in [0, 0.05) is 35.3 Å². The molecule has 0 unspecified atom stereocenters. The van der Waals surface area contributed by atoms with Crippen LogP contribution in [-0.2, 0) is 0 Å². The van der Waals surface area contributed by atoms with Crippen LogP contribution in [0.2, 0.25) is 0 Å². The summed E-state index contributed by atoms with van der Waals surface area (Å²) in [7, 11) is 0. The summed E-state index contributed by atoms with van der Waals surface area (Å²) in [5.74, 6) is 0.837.